The Hall–Kier alpha value is -0.380. The summed E-state index contributed by atoms with van der Waals surface area (Å²) in [4.78, 5) is 2.45. The molecule has 1 aliphatic carbocycles. The highest BCUT2D eigenvalue weighted by Gasteiger charge is 2.28. The summed E-state index contributed by atoms with van der Waals surface area (Å²) < 4.78 is 1.19. The van der Waals surface area contributed by atoms with E-state index in [0.717, 1.165) is 24.9 Å². The Morgan fingerprint density at radius 3 is 2.75 bits per heavy atom. The van der Waals surface area contributed by atoms with Crippen LogP contribution in [0, 0.1) is 11.8 Å². The van der Waals surface area contributed by atoms with Gasteiger partial charge in [-0.15, -0.1) is 0 Å². The second-order valence-corrected chi connectivity index (χ2v) is 7.20. The molecule has 0 saturated heterocycles. The molecule has 2 nitrogen and oxygen atoms in total. The standard InChI is InChI=1S/C17H27BrN2/c1-13-6-5-8-14(10-13)17(11-19)20(2)12-15-7-3-4-9-16(15)18/h3-4,7,9,13-14,17H,5-6,8,10-12,19H2,1-2H3. The second kappa shape index (κ2) is 7.58. The molecule has 2 rings (SSSR count). The summed E-state index contributed by atoms with van der Waals surface area (Å²) in [5, 5.41) is 0. The molecule has 0 spiro atoms. The van der Waals surface area contributed by atoms with Crippen LogP contribution in [0.2, 0.25) is 0 Å². The van der Waals surface area contributed by atoms with Crippen molar-refractivity contribution in [1.82, 2.24) is 4.90 Å². The van der Waals surface area contributed by atoms with Crippen molar-refractivity contribution in [2.45, 2.75) is 45.2 Å². The van der Waals surface area contributed by atoms with E-state index in [1.54, 1.807) is 0 Å². The number of halogens is 1. The molecule has 20 heavy (non-hydrogen) atoms. The maximum absolute atomic E-state index is 6.09. The molecule has 1 fully saturated rings. The van der Waals surface area contributed by atoms with Crippen LogP contribution in [-0.4, -0.2) is 24.5 Å². The molecule has 0 radical (unpaired) electrons. The molecule has 0 aromatic heterocycles. The van der Waals surface area contributed by atoms with Gasteiger partial charge in [-0.3, -0.25) is 4.90 Å². The smallest absolute Gasteiger partial charge is 0.0247 e. The van der Waals surface area contributed by atoms with Gasteiger partial charge in [0.15, 0.2) is 0 Å². The largest absolute Gasteiger partial charge is 0.329 e. The fraction of sp³-hybridized carbons (Fsp3) is 0.647. The summed E-state index contributed by atoms with van der Waals surface area (Å²) in [6.45, 7) is 4.11. The van der Waals surface area contributed by atoms with Crippen molar-refractivity contribution in [2.24, 2.45) is 17.6 Å². The van der Waals surface area contributed by atoms with Crippen LogP contribution in [0.3, 0.4) is 0 Å². The lowest BCUT2D eigenvalue weighted by Crippen LogP contribution is -2.44. The van der Waals surface area contributed by atoms with Crippen molar-refractivity contribution < 1.29 is 0 Å². The molecule has 1 aliphatic rings. The maximum atomic E-state index is 6.09. The van der Waals surface area contributed by atoms with Crippen LogP contribution in [0.5, 0.6) is 0 Å². The zero-order valence-corrected chi connectivity index (χ0v) is 14.3. The van der Waals surface area contributed by atoms with Crippen molar-refractivity contribution in [3.63, 3.8) is 0 Å². The molecule has 3 heteroatoms. The lowest BCUT2D eigenvalue weighted by atomic mass is 9.78. The number of hydrogen-bond donors (Lipinski definition) is 1. The van der Waals surface area contributed by atoms with E-state index in [9.17, 15) is 0 Å². The van der Waals surface area contributed by atoms with Crippen LogP contribution in [-0.2, 0) is 6.54 Å². The first kappa shape index (κ1) is 16.0. The molecule has 112 valence electrons. The van der Waals surface area contributed by atoms with E-state index >= 15 is 0 Å². The van der Waals surface area contributed by atoms with Crippen molar-refractivity contribution in [2.75, 3.05) is 13.6 Å². The third-order valence-corrected chi connectivity index (χ3v) is 5.48. The van der Waals surface area contributed by atoms with Gasteiger partial charge in [-0.05, 0) is 43.4 Å². The van der Waals surface area contributed by atoms with Crippen LogP contribution in [0.25, 0.3) is 0 Å². The zero-order chi connectivity index (χ0) is 14.5. The van der Waals surface area contributed by atoms with Gasteiger partial charge in [0.1, 0.15) is 0 Å². The Morgan fingerprint density at radius 1 is 1.35 bits per heavy atom. The number of hydrogen-bond acceptors (Lipinski definition) is 2. The SMILES string of the molecule is CC1CCCC(C(CN)N(C)Cc2ccccc2Br)C1. The number of nitrogens with zero attached hydrogens (tertiary/aromatic N) is 1. The molecule has 3 atom stereocenters. The van der Waals surface area contributed by atoms with E-state index in [4.69, 9.17) is 5.73 Å². The number of likely N-dealkylation sites (N-methyl/N-ethyl adjacent to an activating group) is 1. The van der Waals surface area contributed by atoms with Crippen molar-refractivity contribution in [1.29, 1.82) is 0 Å². The van der Waals surface area contributed by atoms with Gasteiger partial charge in [0, 0.05) is 23.6 Å². The first-order valence-electron chi connectivity index (χ1n) is 7.75. The summed E-state index contributed by atoms with van der Waals surface area (Å²) in [5.74, 6) is 1.62. The van der Waals surface area contributed by atoms with Crippen molar-refractivity contribution in [3.05, 3.63) is 34.3 Å². The number of rotatable bonds is 5. The van der Waals surface area contributed by atoms with E-state index in [1.165, 1.54) is 35.7 Å². The maximum Gasteiger partial charge on any atom is 0.0247 e. The minimum Gasteiger partial charge on any atom is -0.329 e. The second-order valence-electron chi connectivity index (χ2n) is 6.34. The fourth-order valence-electron chi connectivity index (χ4n) is 3.58. The fourth-order valence-corrected chi connectivity index (χ4v) is 3.99. The van der Waals surface area contributed by atoms with E-state index in [-0.39, 0.29) is 0 Å². The van der Waals surface area contributed by atoms with E-state index in [0.29, 0.717) is 6.04 Å². The first-order chi connectivity index (χ1) is 9.61. The van der Waals surface area contributed by atoms with Crippen LogP contribution in [0.4, 0.5) is 0 Å². The Bertz CT molecular complexity index is 421. The first-order valence-corrected chi connectivity index (χ1v) is 8.54. The van der Waals surface area contributed by atoms with Gasteiger partial charge in [0.2, 0.25) is 0 Å². The van der Waals surface area contributed by atoms with Gasteiger partial charge in [-0.1, -0.05) is 53.9 Å². The summed E-state index contributed by atoms with van der Waals surface area (Å²) in [5.41, 5.74) is 7.43. The van der Waals surface area contributed by atoms with E-state index < -0.39 is 0 Å². The molecule has 0 bridgehead atoms. The minimum atomic E-state index is 0.504. The molecule has 1 saturated carbocycles. The molecular formula is C17H27BrN2. The molecule has 3 unspecified atom stereocenters. The number of benzene rings is 1. The predicted octanol–water partition coefficient (Wildman–Crippen LogP) is 4.03. The Morgan fingerprint density at radius 2 is 2.10 bits per heavy atom. The zero-order valence-electron chi connectivity index (χ0n) is 12.7. The van der Waals surface area contributed by atoms with Crippen LogP contribution < -0.4 is 5.73 Å². The van der Waals surface area contributed by atoms with Gasteiger partial charge in [-0.2, -0.15) is 0 Å². The highest BCUT2D eigenvalue weighted by atomic mass is 79.9. The molecule has 0 aliphatic heterocycles. The van der Waals surface area contributed by atoms with Gasteiger partial charge >= 0.3 is 0 Å². The molecular weight excluding hydrogens is 312 g/mol. The van der Waals surface area contributed by atoms with Gasteiger partial charge in [0.25, 0.3) is 0 Å². The number of nitrogens with two attached hydrogens (primary N) is 1. The quantitative estimate of drug-likeness (QED) is 0.877. The van der Waals surface area contributed by atoms with E-state index in [1.807, 2.05) is 0 Å². The summed E-state index contributed by atoms with van der Waals surface area (Å²) in [6.07, 6.45) is 5.43. The van der Waals surface area contributed by atoms with E-state index in [2.05, 4.69) is 59.1 Å². The van der Waals surface area contributed by atoms with Crippen molar-refractivity contribution in [3.8, 4) is 0 Å². The Labute approximate surface area is 131 Å². The Kier molecular flexibility index (Phi) is 6.06. The molecule has 1 aromatic rings. The van der Waals surface area contributed by atoms with Gasteiger partial charge in [-0.25, -0.2) is 0 Å². The molecule has 0 amide bonds. The van der Waals surface area contributed by atoms with Crippen LogP contribution >= 0.6 is 15.9 Å². The highest BCUT2D eigenvalue weighted by molar-refractivity contribution is 9.10. The molecule has 1 aromatic carbocycles. The van der Waals surface area contributed by atoms with Crippen molar-refractivity contribution >= 4 is 15.9 Å². The van der Waals surface area contributed by atoms with Crippen LogP contribution in [0.1, 0.15) is 38.2 Å². The van der Waals surface area contributed by atoms with Gasteiger partial charge < -0.3 is 5.73 Å². The third kappa shape index (κ3) is 4.06. The normalized spacial score (nSPS) is 24.9. The molecule has 0 heterocycles. The Balaban J connectivity index is 2.01. The molecule has 2 N–H and O–H groups in total. The lowest BCUT2D eigenvalue weighted by Gasteiger charge is -2.38. The topological polar surface area (TPSA) is 29.3 Å². The monoisotopic (exact) mass is 338 g/mol. The van der Waals surface area contributed by atoms with Crippen LogP contribution in [0.15, 0.2) is 28.7 Å². The summed E-state index contributed by atoms with van der Waals surface area (Å²) in [6, 6.07) is 8.98. The third-order valence-electron chi connectivity index (χ3n) is 4.71. The average molecular weight is 339 g/mol. The lowest BCUT2D eigenvalue weighted by molar-refractivity contribution is 0.125. The summed E-state index contributed by atoms with van der Waals surface area (Å²) >= 11 is 3.64. The summed E-state index contributed by atoms with van der Waals surface area (Å²) in [7, 11) is 2.22. The van der Waals surface area contributed by atoms with Gasteiger partial charge in [0.05, 0.1) is 0 Å². The highest BCUT2D eigenvalue weighted by Crippen LogP contribution is 2.32. The average Bonchev–Trinajstić information content (AvgIpc) is 2.42. The predicted molar refractivity (Wildman–Crippen MR) is 89.6 cm³/mol. The minimum absolute atomic E-state index is 0.504.